The lowest BCUT2D eigenvalue weighted by Crippen LogP contribution is -2.21. The van der Waals surface area contributed by atoms with Crippen LogP contribution in [0, 0.1) is 0 Å². The van der Waals surface area contributed by atoms with Crippen LogP contribution < -0.4 is 4.90 Å². The molecule has 0 spiro atoms. The first-order chi connectivity index (χ1) is 8.70. The van der Waals surface area contributed by atoms with Crippen LogP contribution in [0.5, 0.6) is 5.75 Å². The number of phenols is 1. The maximum Gasteiger partial charge on any atom is 0.134 e. The molecule has 1 N–H and O–H groups in total. The number of anilines is 1. The molecule has 3 heteroatoms. The fourth-order valence-corrected chi connectivity index (χ4v) is 2.10. The average molecular weight is 262 g/mol. The lowest BCUT2D eigenvalue weighted by Gasteiger charge is -2.23. The molecule has 0 saturated heterocycles. The average Bonchev–Trinajstić information content (AvgIpc) is 2.41. The van der Waals surface area contributed by atoms with Crippen molar-refractivity contribution in [3.63, 3.8) is 0 Å². The van der Waals surface area contributed by atoms with Gasteiger partial charge in [0.2, 0.25) is 0 Å². The minimum Gasteiger partial charge on any atom is -0.506 e. The first-order valence-corrected chi connectivity index (χ1v) is 6.36. The first-order valence-electron chi connectivity index (χ1n) is 5.98. The van der Waals surface area contributed by atoms with Crippen molar-refractivity contribution in [2.75, 3.05) is 11.4 Å². The molecule has 0 unspecified atom stereocenters. The van der Waals surface area contributed by atoms with Gasteiger partial charge in [0.1, 0.15) is 5.75 Å². The maximum absolute atomic E-state index is 9.41. The Balaban J connectivity index is 2.18. The van der Waals surface area contributed by atoms with Gasteiger partial charge in [-0.15, -0.1) is 0 Å². The van der Waals surface area contributed by atoms with Crippen LogP contribution in [0.25, 0.3) is 0 Å². The van der Waals surface area contributed by atoms with E-state index in [1.54, 1.807) is 6.07 Å². The smallest absolute Gasteiger partial charge is 0.134 e. The number of phenolic OH excluding ortho intramolecular Hbond substituents is 1. The highest BCUT2D eigenvalue weighted by molar-refractivity contribution is 6.32. The largest absolute Gasteiger partial charge is 0.506 e. The number of rotatable bonds is 4. The molecule has 0 radical (unpaired) electrons. The number of halogens is 1. The third kappa shape index (κ3) is 2.96. The van der Waals surface area contributed by atoms with E-state index in [2.05, 4.69) is 24.0 Å². The van der Waals surface area contributed by atoms with Gasteiger partial charge in [-0.25, -0.2) is 0 Å². The Labute approximate surface area is 112 Å². The second-order valence-electron chi connectivity index (χ2n) is 4.14. The van der Waals surface area contributed by atoms with E-state index in [1.165, 1.54) is 5.69 Å². The molecule has 0 amide bonds. The summed E-state index contributed by atoms with van der Waals surface area (Å²) < 4.78 is 0. The molecule has 94 valence electrons. The van der Waals surface area contributed by atoms with E-state index in [9.17, 15) is 5.11 Å². The number of hydrogen-bond acceptors (Lipinski definition) is 2. The van der Waals surface area contributed by atoms with Crippen LogP contribution in [0.1, 0.15) is 12.5 Å². The van der Waals surface area contributed by atoms with E-state index in [-0.39, 0.29) is 5.75 Å². The highest BCUT2D eigenvalue weighted by Gasteiger charge is 2.06. The molecule has 2 nitrogen and oxygen atoms in total. The number of aromatic hydroxyl groups is 1. The van der Waals surface area contributed by atoms with E-state index < -0.39 is 0 Å². The predicted molar refractivity (Wildman–Crippen MR) is 76.3 cm³/mol. The van der Waals surface area contributed by atoms with Gasteiger partial charge in [0.15, 0.2) is 0 Å². The molecule has 0 bridgehead atoms. The van der Waals surface area contributed by atoms with Gasteiger partial charge in [-0.1, -0.05) is 35.9 Å². The van der Waals surface area contributed by atoms with Crippen molar-refractivity contribution in [1.82, 2.24) is 0 Å². The summed E-state index contributed by atoms with van der Waals surface area (Å²) in [7, 11) is 0. The van der Waals surface area contributed by atoms with Crippen molar-refractivity contribution >= 4 is 17.3 Å². The Morgan fingerprint density at radius 1 is 1.11 bits per heavy atom. The second-order valence-corrected chi connectivity index (χ2v) is 4.54. The van der Waals surface area contributed by atoms with Crippen LogP contribution >= 0.6 is 11.6 Å². The molecule has 0 aliphatic heterocycles. The monoisotopic (exact) mass is 261 g/mol. The third-order valence-electron chi connectivity index (χ3n) is 2.89. The molecular formula is C15H16ClNO. The first kappa shape index (κ1) is 12.8. The zero-order valence-electron chi connectivity index (χ0n) is 10.3. The molecule has 0 heterocycles. The summed E-state index contributed by atoms with van der Waals surface area (Å²) in [6, 6.07) is 15.6. The van der Waals surface area contributed by atoms with Crippen molar-refractivity contribution in [2.24, 2.45) is 0 Å². The van der Waals surface area contributed by atoms with Gasteiger partial charge < -0.3 is 10.0 Å². The zero-order chi connectivity index (χ0) is 13.0. The minimum atomic E-state index is 0.128. The fraction of sp³-hybridized carbons (Fsp3) is 0.200. The number of benzene rings is 2. The Hall–Kier alpha value is -1.67. The molecular weight excluding hydrogens is 246 g/mol. The predicted octanol–water partition coefficient (Wildman–Crippen LogP) is 4.07. The van der Waals surface area contributed by atoms with Gasteiger partial charge in [-0.3, -0.25) is 0 Å². The summed E-state index contributed by atoms with van der Waals surface area (Å²) in [6.07, 6.45) is 0. The van der Waals surface area contributed by atoms with Crippen molar-refractivity contribution in [2.45, 2.75) is 13.5 Å². The Morgan fingerprint density at radius 2 is 1.83 bits per heavy atom. The molecule has 0 aromatic heterocycles. The normalized spacial score (nSPS) is 10.3. The number of nitrogens with zero attached hydrogens (tertiary/aromatic N) is 1. The lowest BCUT2D eigenvalue weighted by molar-refractivity contribution is 0.475. The van der Waals surface area contributed by atoms with Crippen LogP contribution in [0.15, 0.2) is 48.5 Å². The van der Waals surface area contributed by atoms with Crippen LogP contribution in [-0.4, -0.2) is 11.7 Å². The second kappa shape index (κ2) is 5.78. The minimum absolute atomic E-state index is 0.128. The Kier molecular flexibility index (Phi) is 4.11. The summed E-state index contributed by atoms with van der Waals surface area (Å²) >= 11 is 5.92. The highest BCUT2D eigenvalue weighted by Crippen LogP contribution is 2.25. The van der Waals surface area contributed by atoms with Gasteiger partial charge in [-0.05, 0) is 36.8 Å². The topological polar surface area (TPSA) is 23.5 Å². The Morgan fingerprint density at radius 3 is 2.44 bits per heavy atom. The van der Waals surface area contributed by atoms with Crippen molar-refractivity contribution in [3.05, 3.63) is 59.1 Å². The Bertz CT molecular complexity index is 513. The van der Waals surface area contributed by atoms with Crippen molar-refractivity contribution in [3.8, 4) is 5.75 Å². The van der Waals surface area contributed by atoms with E-state index in [4.69, 9.17) is 11.6 Å². The van der Waals surface area contributed by atoms with Gasteiger partial charge >= 0.3 is 0 Å². The quantitative estimate of drug-likeness (QED) is 0.897. The third-order valence-corrected chi connectivity index (χ3v) is 3.19. The molecule has 2 rings (SSSR count). The standard InChI is InChI=1S/C15H16ClNO/c1-2-17(13-6-4-3-5-7-13)11-12-8-9-15(18)14(16)10-12/h3-10,18H,2,11H2,1H3. The van der Waals surface area contributed by atoms with E-state index >= 15 is 0 Å². The highest BCUT2D eigenvalue weighted by atomic mass is 35.5. The fourth-order valence-electron chi connectivity index (χ4n) is 1.89. The molecule has 2 aromatic carbocycles. The van der Waals surface area contributed by atoms with Crippen LogP contribution in [-0.2, 0) is 6.54 Å². The molecule has 0 aliphatic carbocycles. The molecule has 0 aliphatic rings. The van der Waals surface area contributed by atoms with Crippen LogP contribution in [0.4, 0.5) is 5.69 Å². The molecule has 2 aromatic rings. The molecule has 0 atom stereocenters. The lowest BCUT2D eigenvalue weighted by atomic mass is 10.2. The van der Waals surface area contributed by atoms with Gasteiger partial charge in [0.25, 0.3) is 0 Å². The van der Waals surface area contributed by atoms with Crippen LogP contribution in [0.2, 0.25) is 5.02 Å². The molecule has 18 heavy (non-hydrogen) atoms. The summed E-state index contributed by atoms with van der Waals surface area (Å²) in [5, 5.41) is 9.81. The number of para-hydroxylation sites is 1. The SMILES string of the molecule is CCN(Cc1ccc(O)c(Cl)c1)c1ccccc1. The van der Waals surface area contributed by atoms with Gasteiger partial charge in [0.05, 0.1) is 5.02 Å². The van der Waals surface area contributed by atoms with Gasteiger partial charge in [-0.2, -0.15) is 0 Å². The summed E-state index contributed by atoms with van der Waals surface area (Å²) in [5.41, 5.74) is 2.27. The van der Waals surface area contributed by atoms with Crippen molar-refractivity contribution < 1.29 is 5.11 Å². The summed E-state index contributed by atoms with van der Waals surface area (Å²) in [4.78, 5) is 2.25. The molecule has 0 fully saturated rings. The zero-order valence-corrected chi connectivity index (χ0v) is 11.1. The van der Waals surface area contributed by atoms with Crippen molar-refractivity contribution in [1.29, 1.82) is 0 Å². The van der Waals surface area contributed by atoms with E-state index in [1.807, 2.05) is 30.3 Å². The maximum atomic E-state index is 9.41. The number of hydrogen-bond donors (Lipinski definition) is 1. The van der Waals surface area contributed by atoms with E-state index in [0.717, 1.165) is 18.7 Å². The van der Waals surface area contributed by atoms with Crippen LogP contribution in [0.3, 0.4) is 0 Å². The molecule has 0 saturated carbocycles. The summed E-state index contributed by atoms with van der Waals surface area (Å²) in [5.74, 6) is 0.128. The summed E-state index contributed by atoms with van der Waals surface area (Å²) in [6.45, 7) is 3.82. The van der Waals surface area contributed by atoms with Gasteiger partial charge in [0, 0.05) is 18.8 Å². The van der Waals surface area contributed by atoms with E-state index in [0.29, 0.717) is 5.02 Å².